The summed E-state index contributed by atoms with van der Waals surface area (Å²) in [6, 6.07) is 8.94. The molecule has 1 aliphatic heterocycles. The maximum Gasteiger partial charge on any atom is 0.122 e. The van der Waals surface area contributed by atoms with E-state index in [1.165, 1.54) is 16.7 Å². The second-order valence-corrected chi connectivity index (χ2v) is 5.37. The number of hydrogen-bond acceptors (Lipinski definition) is 4. The monoisotopic (exact) mass is 283 g/mol. The highest BCUT2D eigenvalue weighted by molar-refractivity contribution is 5.39. The second kappa shape index (κ2) is 6.68. The van der Waals surface area contributed by atoms with Crippen LogP contribution in [-0.2, 0) is 12.8 Å². The van der Waals surface area contributed by atoms with Crippen LogP contribution in [0.1, 0.15) is 36.1 Å². The van der Waals surface area contributed by atoms with Gasteiger partial charge in [-0.1, -0.05) is 19.1 Å². The van der Waals surface area contributed by atoms with Crippen LogP contribution >= 0.6 is 0 Å². The third-order valence-electron chi connectivity index (χ3n) is 3.94. The zero-order valence-corrected chi connectivity index (χ0v) is 12.4. The molecule has 0 amide bonds. The van der Waals surface area contributed by atoms with Crippen molar-refractivity contribution in [1.82, 2.24) is 15.5 Å². The second-order valence-electron chi connectivity index (χ2n) is 5.37. The molecule has 4 nitrogen and oxygen atoms in total. The van der Waals surface area contributed by atoms with E-state index in [4.69, 9.17) is 4.74 Å². The molecule has 0 spiro atoms. The van der Waals surface area contributed by atoms with Crippen molar-refractivity contribution in [2.24, 2.45) is 0 Å². The molecule has 0 aliphatic carbocycles. The summed E-state index contributed by atoms with van der Waals surface area (Å²) < 4.78 is 5.56. The van der Waals surface area contributed by atoms with Crippen LogP contribution in [0.15, 0.2) is 36.7 Å². The molecule has 4 heteroatoms. The quantitative estimate of drug-likeness (QED) is 0.885. The highest BCUT2D eigenvalue weighted by atomic mass is 16.5. The van der Waals surface area contributed by atoms with Gasteiger partial charge >= 0.3 is 0 Å². The minimum absolute atomic E-state index is 0.329. The molecule has 0 saturated carbocycles. The number of nitrogens with zero attached hydrogens (tertiary/aromatic N) is 2. The number of benzene rings is 1. The van der Waals surface area contributed by atoms with Crippen molar-refractivity contribution in [3.05, 3.63) is 53.3 Å². The van der Waals surface area contributed by atoms with E-state index in [1.807, 2.05) is 12.3 Å². The van der Waals surface area contributed by atoms with Gasteiger partial charge in [0.2, 0.25) is 0 Å². The van der Waals surface area contributed by atoms with Crippen molar-refractivity contribution >= 4 is 0 Å². The molecule has 0 radical (unpaired) electrons. The Labute approximate surface area is 125 Å². The van der Waals surface area contributed by atoms with E-state index in [-0.39, 0.29) is 0 Å². The van der Waals surface area contributed by atoms with Crippen molar-refractivity contribution < 1.29 is 4.74 Å². The third-order valence-corrected chi connectivity index (χ3v) is 3.94. The van der Waals surface area contributed by atoms with E-state index in [0.717, 1.165) is 38.2 Å². The van der Waals surface area contributed by atoms with Gasteiger partial charge in [-0.05, 0) is 48.2 Å². The van der Waals surface area contributed by atoms with E-state index in [9.17, 15) is 0 Å². The Balaban J connectivity index is 1.67. The van der Waals surface area contributed by atoms with Crippen molar-refractivity contribution in [2.75, 3.05) is 13.2 Å². The molecular formula is C17H21N3O. The summed E-state index contributed by atoms with van der Waals surface area (Å²) in [5.74, 6) is 1.06. The van der Waals surface area contributed by atoms with Gasteiger partial charge in [0.25, 0.3) is 0 Å². The first-order valence-electron chi connectivity index (χ1n) is 7.61. The smallest absolute Gasteiger partial charge is 0.122 e. The fourth-order valence-corrected chi connectivity index (χ4v) is 2.85. The molecule has 1 atom stereocenters. The Bertz CT molecular complexity index is 586. The van der Waals surface area contributed by atoms with Gasteiger partial charge in [0, 0.05) is 18.7 Å². The predicted octanol–water partition coefficient (Wildman–Crippen LogP) is 2.69. The Morgan fingerprint density at radius 2 is 2.24 bits per heavy atom. The van der Waals surface area contributed by atoms with Crippen LogP contribution in [0.25, 0.3) is 0 Å². The van der Waals surface area contributed by atoms with Crippen molar-refractivity contribution in [3.63, 3.8) is 0 Å². The molecule has 0 fully saturated rings. The maximum absolute atomic E-state index is 5.56. The molecule has 2 heterocycles. The highest BCUT2D eigenvalue weighted by Gasteiger charge is 2.14. The number of fused-ring (bicyclic) bond motifs is 1. The van der Waals surface area contributed by atoms with Crippen LogP contribution in [0.4, 0.5) is 0 Å². The number of hydrogen-bond donors (Lipinski definition) is 1. The molecule has 110 valence electrons. The van der Waals surface area contributed by atoms with Gasteiger partial charge in [-0.15, -0.1) is 0 Å². The predicted molar refractivity (Wildman–Crippen MR) is 82.4 cm³/mol. The molecular weight excluding hydrogens is 262 g/mol. The van der Waals surface area contributed by atoms with Crippen molar-refractivity contribution in [1.29, 1.82) is 0 Å². The lowest BCUT2D eigenvalue weighted by atomic mass is 9.99. The lowest BCUT2D eigenvalue weighted by Gasteiger charge is -2.17. The molecule has 1 unspecified atom stereocenters. The average Bonchev–Trinajstić information content (AvgIpc) is 3.00. The molecule has 2 aromatic rings. The van der Waals surface area contributed by atoms with Gasteiger partial charge < -0.3 is 10.1 Å². The first-order valence-corrected chi connectivity index (χ1v) is 7.61. The summed E-state index contributed by atoms with van der Waals surface area (Å²) in [7, 11) is 0. The van der Waals surface area contributed by atoms with Gasteiger partial charge in [-0.25, -0.2) is 0 Å². The Hall–Kier alpha value is -1.94. The minimum atomic E-state index is 0.329. The first-order chi connectivity index (χ1) is 10.4. The van der Waals surface area contributed by atoms with Crippen LogP contribution in [0, 0.1) is 0 Å². The SMILES string of the molecule is CCNC(CCc1ccc2c(c1)CCO2)c1ccnnc1. The summed E-state index contributed by atoms with van der Waals surface area (Å²) in [6.07, 6.45) is 6.75. The van der Waals surface area contributed by atoms with Gasteiger partial charge in [-0.2, -0.15) is 10.2 Å². The van der Waals surface area contributed by atoms with Crippen LogP contribution in [-0.4, -0.2) is 23.3 Å². The normalized spacial score (nSPS) is 14.5. The number of nitrogens with one attached hydrogen (secondary N) is 1. The van der Waals surface area contributed by atoms with E-state index < -0.39 is 0 Å². The van der Waals surface area contributed by atoms with E-state index in [0.29, 0.717) is 6.04 Å². The zero-order valence-electron chi connectivity index (χ0n) is 12.4. The molecule has 1 aromatic carbocycles. The average molecular weight is 283 g/mol. The van der Waals surface area contributed by atoms with Gasteiger partial charge in [0.15, 0.2) is 0 Å². The third kappa shape index (κ3) is 3.39. The Morgan fingerprint density at radius 1 is 1.29 bits per heavy atom. The lowest BCUT2D eigenvalue weighted by molar-refractivity contribution is 0.357. The highest BCUT2D eigenvalue weighted by Crippen LogP contribution is 2.27. The zero-order chi connectivity index (χ0) is 14.5. The molecule has 21 heavy (non-hydrogen) atoms. The topological polar surface area (TPSA) is 47.0 Å². The summed E-state index contributed by atoms with van der Waals surface area (Å²) >= 11 is 0. The fourth-order valence-electron chi connectivity index (χ4n) is 2.85. The largest absolute Gasteiger partial charge is 0.493 e. The van der Waals surface area contributed by atoms with Gasteiger partial charge in [0.1, 0.15) is 5.75 Å². The fraction of sp³-hybridized carbons (Fsp3) is 0.412. The van der Waals surface area contributed by atoms with Crippen LogP contribution in [0.3, 0.4) is 0 Å². The summed E-state index contributed by atoms with van der Waals surface area (Å²) in [4.78, 5) is 0. The van der Waals surface area contributed by atoms with Crippen molar-refractivity contribution in [3.8, 4) is 5.75 Å². The summed E-state index contributed by atoms with van der Waals surface area (Å²) in [5, 5.41) is 11.4. The maximum atomic E-state index is 5.56. The summed E-state index contributed by atoms with van der Waals surface area (Å²) in [6.45, 7) is 3.90. The molecule has 0 bridgehead atoms. The first kappa shape index (κ1) is 14.0. The number of aryl methyl sites for hydroxylation is 1. The molecule has 1 aromatic heterocycles. The van der Waals surface area contributed by atoms with Gasteiger partial charge in [-0.3, -0.25) is 0 Å². The molecule has 1 aliphatic rings. The van der Waals surface area contributed by atoms with Crippen LogP contribution in [0.2, 0.25) is 0 Å². The molecule has 3 rings (SSSR count). The number of aromatic nitrogens is 2. The van der Waals surface area contributed by atoms with E-state index in [2.05, 4.69) is 40.6 Å². The summed E-state index contributed by atoms with van der Waals surface area (Å²) in [5.41, 5.74) is 3.93. The number of rotatable bonds is 6. The standard InChI is InChI=1S/C17H21N3O/c1-2-18-16(15-7-9-19-20-12-15)5-3-13-4-6-17-14(11-13)8-10-21-17/h4,6-7,9,11-12,16,18H,2-3,5,8,10H2,1H3. The Kier molecular flexibility index (Phi) is 4.46. The van der Waals surface area contributed by atoms with Gasteiger partial charge in [0.05, 0.1) is 12.8 Å². The lowest BCUT2D eigenvalue weighted by Crippen LogP contribution is -2.21. The van der Waals surface area contributed by atoms with Crippen LogP contribution < -0.4 is 10.1 Å². The molecule has 1 N–H and O–H groups in total. The van der Waals surface area contributed by atoms with Crippen LogP contribution in [0.5, 0.6) is 5.75 Å². The van der Waals surface area contributed by atoms with E-state index >= 15 is 0 Å². The molecule has 0 saturated heterocycles. The van der Waals surface area contributed by atoms with E-state index in [1.54, 1.807) is 6.20 Å². The number of ether oxygens (including phenoxy) is 1. The van der Waals surface area contributed by atoms with Crippen molar-refractivity contribution in [2.45, 2.75) is 32.2 Å². The minimum Gasteiger partial charge on any atom is -0.493 e. The Morgan fingerprint density at radius 3 is 3.05 bits per heavy atom.